The van der Waals surface area contributed by atoms with Gasteiger partial charge in [0.1, 0.15) is 5.54 Å². The Morgan fingerprint density at radius 2 is 2.00 bits per heavy atom. The van der Waals surface area contributed by atoms with Gasteiger partial charge in [0.2, 0.25) is 5.91 Å². The van der Waals surface area contributed by atoms with Crippen molar-refractivity contribution in [3.05, 3.63) is 48.3 Å². The second kappa shape index (κ2) is 9.63. The number of anilines is 1. The van der Waals surface area contributed by atoms with Crippen LogP contribution in [-0.4, -0.2) is 47.9 Å². The Morgan fingerprint density at radius 3 is 2.71 bits per heavy atom. The van der Waals surface area contributed by atoms with Crippen molar-refractivity contribution in [2.45, 2.75) is 37.8 Å². The number of amides is 1. The molecule has 0 saturated carbocycles. The number of para-hydroxylation sites is 1. The van der Waals surface area contributed by atoms with Crippen LogP contribution in [0.15, 0.2) is 42.7 Å². The first-order valence-corrected chi connectivity index (χ1v) is 9.54. The minimum absolute atomic E-state index is 0. The van der Waals surface area contributed by atoms with E-state index in [1.54, 1.807) is 6.20 Å². The van der Waals surface area contributed by atoms with E-state index in [0.717, 1.165) is 38.9 Å². The molecule has 4 rings (SSSR count). The van der Waals surface area contributed by atoms with Gasteiger partial charge in [0.05, 0.1) is 0 Å². The lowest BCUT2D eigenvalue weighted by molar-refractivity contribution is -0.132. The molecule has 8 heteroatoms. The van der Waals surface area contributed by atoms with Gasteiger partial charge in [-0.15, -0.1) is 24.8 Å². The monoisotopic (exact) mass is 425 g/mol. The van der Waals surface area contributed by atoms with Crippen LogP contribution in [0, 0.1) is 0 Å². The van der Waals surface area contributed by atoms with Crippen molar-refractivity contribution in [1.82, 2.24) is 20.4 Å². The predicted octanol–water partition coefficient (Wildman–Crippen LogP) is 2.37. The van der Waals surface area contributed by atoms with Crippen molar-refractivity contribution in [1.29, 1.82) is 0 Å². The second-order valence-electron chi connectivity index (χ2n) is 7.36. The molecule has 1 amide bonds. The quantitative estimate of drug-likeness (QED) is 0.771. The van der Waals surface area contributed by atoms with Crippen LogP contribution >= 0.6 is 24.8 Å². The summed E-state index contributed by atoms with van der Waals surface area (Å²) in [6.07, 6.45) is 6.27. The molecule has 1 fully saturated rings. The van der Waals surface area contributed by atoms with Gasteiger partial charge in [0.25, 0.3) is 0 Å². The minimum atomic E-state index is -0.572. The number of nitrogens with zero attached hydrogens (tertiary/aromatic N) is 3. The molecule has 154 valence electrons. The molecule has 1 aromatic heterocycles. The van der Waals surface area contributed by atoms with Crippen LogP contribution in [-0.2, 0) is 16.8 Å². The van der Waals surface area contributed by atoms with Crippen LogP contribution < -0.4 is 15.5 Å². The number of hydrogen-bond donors (Lipinski definition) is 2. The molecular formula is C20H29Cl2N5O. The molecular weight excluding hydrogens is 397 g/mol. The molecule has 0 radical (unpaired) electrons. The number of piperidine rings is 1. The number of hydrogen-bond acceptors (Lipinski definition) is 4. The highest BCUT2D eigenvalue weighted by molar-refractivity contribution is 5.86. The molecule has 2 aliphatic heterocycles. The third-order valence-electron chi connectivity index (χ3n) is 5.81. The topological polar surface area (TPSA) is 62.2 Å². The van der Waals surface area contributed by atoms with Crippen molar-refractivity contribution in [3.63, 3.8) is 0 Å². The smallest absolute Gasteiger partial charge is 0.248 e. The van der Waals surface area contributed by atoms with Gasteiger partial charge in [0.15, 0.2) is 0 Å². The van der Waals surface area contributed by atoms with E-state index in [1.807, 2.05) is 16.9 Å². The molecule has 2 aromatic rings. The van der Waals surface area contributed by atoms with Crippen LogP contribution in [0.3, 0.4) is 0 Å². The third kappa shape index (κ3) is 4.14. The van der Waals surface area contributed by atoms with Gasteiger partial charge in [-0.3, -0.25) is 9.48 Å². The molecule has 1 atom stereocenters. The molecule has 1 saturated heterocycles. The maximum Gasteiger partial charge on any atom is 0.248 e. The molecule has 28 heavy (non-hydrogen) atoms. The standard InChI is InChI=1S/C20H27N5O.2ClH/c1-16(24-14-7-17-5-2-3-6-18(17)24)15-22-19(26)20(8-11-21-12-9-20)25-13-4-10-23-25;;/h2-6,10,13,16,21H,7-9,11-12,14-15H2,1H3,(H,22,26);2*1H. The normalized spacial score (nSPS) is 18.4. The van der Waals surface area contributed by atoms with Crippen molar-refractivity contribution in [3.8, 4) is 0 Å². The lowest BCUT2D eigenvalue weighted by Gasteiger charge is -2.37. The summed E-state index contributed by atoms with van der Waals surface area (Å²) in [5.41, 5.74) is 2.13. The van der Waals surface area contributed by atoms with E-state index in [9.17, 15) is 4.79 Å². The zero-order chi connectivity index (χ0) is 18.0. The van der Waals surface area contributed by atoms with Crippen molar-refractivity contribution < 1.29 is 4.79 Å². The minimum Gasteiger partial charge on any atom is -0.366 e. The average molecular weight is 426 g/mol. The van der Waals surface area contributed by atoms with Gasteiger partial charge in [-0.2, -0.15) is 5.10 Å². The molecule has 0 bridgehead atoms. The largest absolute Gasteiger partial charge is 0.366 e. The van der Waals surface area contributed by atoms with Gasteiger partial charge >= 0.3 is 0 Å². The zero-order valence-corrected chi connectivity index (χ0v) is 17.8. The van der Waals surface area contributed by atoms with Gasteiger partial charge in [-0.05, 0) is 57.0 Å². The van der Waals surface area contributed by atoms with E-state index in [4.69, 9.17) is 0 Å². The molecule has 6 nitrogen and oxygen atoms in total. The molecule has 0 spiro atoms. The molecule has 0 aliphatic carbocycles. The fourth-order valence-electron chi connectivity index (χ4n) is 4.26. The Labute approximate surface area is 178 Å². The second-order valence-corrected chi connectivity index (χ2v) is 7.36. The summed E-state index contributed by atoms with van der Waals surface area (Å²) in [5, 5.41) is 11.0. The molecule has 2 N–H and O–H groups in total. The summed E-state index contributed by atoms with van der Waals surface area (Å²) in [5.74, 6) is 0.0852. The van der Waals surface area contributed by atoms with Gasteiger partial charge in [-0.1, -0.05) is 18.2 Å². The highest BCUT2D eigenvalue weighted by Crippen LogP contribution is 2.30. The Kier molecular flexibility index (Phi) is 7.75. The number of fused-ring (bicyclic) bond motifs is 1. The molecule has 1 aromatic carbocycles. The summed E-state index contributed by atoms with van der Waals surface area (Å²) in [6.45, 7) is 5.52. The number of halogens is 2. The summed E-state index contributed by atoms with van der Waals surface area (Å²) in [4.78, 5) is 15.6. The predicted molar refractivity (Wildman–Crippen MR) is 117 cm³/mol. The third-order valence-corrected chi connectivity index (χ3v) is 5.81. The molecule has 3 heterocycles. The number of benzene rings is 1. The number of rotatable bonds is 5. The number of aromatic nitrogens is 2. The maximum absolute atomic E-state index is 13.2. The van der Waals surface area contributed by atoms with E-state index in [-0.39, 0.29) is 36.8 Å². The van der Waals surface area contributed by atoms with E-state index in [0.29, 0.717) is 6.54 Å². The fraction of sp³-hybridized carbons (Fsp3) is 0.500. The number of nitrogens with one attached hydrogen (secondary N) is 2. The van der Waals surface area contributed by atoms with Gasteiger partial charge in [0, 0.05) is 37.2 Å². The van der Waals surface area contributed by atoms with Crippen LogP contribution in [0.5, 0.6) is 0 Å². The summed E-state index contributed by atoms with van der Waals surface area (Å²) >= 11 is 0. The Morgan fingerprint density at radius 1 is 1.25 bits per heavy atom. The van der Waals surface area contributed by atoms with Crippen LogP contribution in [0.4, 0.5) is 5.69 Å². The van der Waals surface area contributed by atoms with Crippen molar-refractivity contribution >= 4 is 36.4 Å². The van der Waals surface area contributed by atoms with E-state index >= 15 is 0 Å². The first-order chi connectivity index (χ1) is 12.7. The first-order valence-electron chi connectivity index (χ1n) is 9.54. The summed E-state index contributed by atoms with van der Waals surface area (Å²) in [6, 6.07) is 10.7. The maximum atomic E-state index is 13.2. The lowest BCUT2D eigenvalue weighted by Crippen LogP contribution is -2.56. The number of carbonyl (C=O) groups excluding carboxylic acids is 1. The van der Waals surface area contributed by atoms with E-state index in [1.165, 1.54) is 11.3 Å². The molecule has 1 unspecified atom stereocenters. The van der Waals surface area contributed by atoms with Crippen LogP contribution in [0.2, 0.25) is 0 Å². The van der Waals surface area contributed by atoms with E-state index < -0.39 is 5.54 Å². The van der Waals surface area contributed by atoms with Gasteiger partial charge in [-0.25, -0.2) is 0 Å². The summed E-state index contributed by atoms with van der Waals surface area (Å²) < 4.78 is 1.85. The molecule has 2 aliphatic rings. The Hall–Kier alpha value is -1.76. The van der Waals surface area contributed by atoms with Crippen LogP contribution in [0.25, 0.3) is 0 Å². The van der Waals surface area contributed by atoms with Crippen molar-refractivity contribution in [2.75, 3.05) is 31.1 Å². The summed E-state index contributed by atoms with van der Waals surface area (Å²) in [7, 11) is 0. The SMILES string of the molecule is CC(CNC(=O)C1(n2cccn2)CCNCC1)N1CCc2ccccc21.Cl.Cl. The van der Waals surface area contributed by atoms with Crippen LogP contribution in [0.1, 0.15) is 25.3 Å². The van der Waals surface area contributed by atoms with E-state index in [2.05, 4.69) is 51.8 Å². The Balaban J connectivity index is 0.00000140. The highest BCUT2D eigenvalue weighted by Gasteiger charge is 2.42. The lowest BCUT2D eigenvalue weighted by atomic mass is 9.87. The number of carbonyl (C=O) groups is 1. The zero-order valence-electron chi connectivity index (χ0n) is 16.1. The Bertz CT molecular complexity index is 762. The fourth-order valence-corrected chi connectivity index (χ4v) is 4.26. The first kappa shape index (κ1) is 22.5. The highest BCUT2D eigenvalue weighted by atomic mass is 35.5. The van der Waals surface area contributed by atoms with Crippen molar-refractivity contribution in [2.24, 2.45) is 0 Å². The van der Waals surface area contributed by atoms with Gasteiger partial charge < -0.3 is 15.5 Å². The average Bonchev–Trinajstić information content (AvgIpc) is 3.36.